The van der Waals surface area contributed by atoms with E-state index in [4.69, 9.17) is 5.11 Å². The molecule has 1 rings (SSSR count). The van der Waals surface area contributed by atoms with Gasteiger partial charge in [0, 0.05) is 5.75 Å². The van der Waals surface area contributed by atoms with E-state index in [-0.39, 0.29) is 5.92 Å². The van der Waals surface area contributed by atoms with Crippen LogP contribution < -0.4 is 5.32 Å². The van der Waals surface area contributed by atoms with Crippen LogP contribution >= 0.6 is 11.8 Å². The lowest BCUT2D eigenvalue weighted by Gasteiger charge is -2.23. The van der Waals surface area contributed by atoms with Crippen molar-refractivity contribution < 1.29 is 27.9 Å². The van der Waals surface area contributed by atoms with Gasteiger partial charge in [0.15, 0.2) is 0 Å². The molecule has 2 unspecified atom stereocenters. The molecule has 0 aliphatic heterocycles. The van der Waals surface area contributed by atoms with Gasteiger partial charge in [0.05, 0.1) is 11.7 Å². The van der Waals surface area contributed by atoms with Crippen molar-refractivity contribution in [3.63, 3.8) is 0 Å². The van der Waals surface area contributed by atoms with E-state index < -0.39 is 35.8 Å². The van der Waals surface area contributed by atoms with Crippen molar-refractivity contribution >= 4 is 23.6 Å². The van der Waals surface area contributed by atoms with Crippen molar-refractivity contribution in [1.82, 2.24) is 5.32 Å². The zero-order valence-electron chi connectivity index (χ0n) is 13.3. The first-order valence-corrected chi connectivity index (χ1v) is 8.40. The summed E-state index contributed by atoms with van der Waals surface area (Å²) in [6.45, 7) is 3.53. The van der Waals surface area contributed by atoms with Crippen LogP contribution in [0.25, 0.3) is 0 Å². The van der Waals surface area contributed by atoms with Gasteiger partial charge in [-0.15, -0.1) is 11.8 Å². The Hall–Kier alpha value is -1.70. The van der Waals surface area contributed by atoms with Crippen LogP contribution in [0.5, 0.6) is 0 Å². The van der Waals surface area contributed by atoms with E-state index in [0.29, 0.717) is 5.75 Å². The number of carbonyl (C=O) groups is 2. The maximum absolute atomic E-state index is 12.4. The van der Waals surface area contributed by atoms with Crippen molar-refractivity contribution in [2.45, 2.75) is 43.5 Å². The zero-order chi connectivity index (χ0) is 18.3. The normalized spacial score (nSPS) is 14.2. The van der Waals surface area contributed by atoms with Crippen molar-refractivity contribution in [2.24, 2.45) is 5.92 Å². The number of carbonyl (C=O) groups excluding carboxylic acids is 1. The number of aliphatic carboxylic acids is 1. The van der Waals surface area contributed by atoms with Crippen LogP contribution in [0.3, 0.4) is 0 Å². The maximum Gasteiger partial charge on any atom is 0.391 e. The third-order valence-corrected chi connectivity index (χ3v) is 4.80. The molecule has 0 aromatic heterocycles. The Morgan fingerprint density at radius 3 is 2.25 bits per heavy atom. The fourth-order valence-electron chi connectivity index (χ4n) is 2.02. The number of benzene rings is 1. The van der Waals surface area contributed by atoms with Gasteiger partial charge in [-0.3, -0.25) is 4.79 Å². The number of rotatable bonds is 8. The van der Waals surface area contributed by atoms with Crippen LogP contribution in [0.2, 0.25) is 0 Å². The average molecular weight is 363 g/mol. The van der Waals surface area contributed by atoms with Gasteiger partial charge in [0.2, 0.25) is 5.91 Å². The van der Waals surface area contributed by atoms with Crippen LogP contribution in [-0.4, -0.2) is 34.5 Å². The lowest BCUT2D eigenvalue weighted by atomic mass is 10.1. The Morgan fingerprint density at radius 2 is 1.79 bits per heavy atom. The van der Waals surface area contributed by atoms with E-state index in [2.05, 4.69) is 0 Å². The van der Waals surface area contributed by atoms with E-state index in [1.807, 2.05) is 35.6 Å². The van der Waals surface area contributed by atoms with Crippen LogP contribution in [0.15, 0.2) is 30.3 Å². The van der Waals surface area contributed by atoms with Crippen molar-refractivity contribution in [3.8, 4) is 0 Å². The maximum atomic E-state index is 12.4. The molecule has 8 heteroatoms. The van der Waals surface area contributed by atoms with Gasteiger partial charge in [-0.2, -0.15) is 13.2 Å². The monoisotopic (exact) mass is 363 g/mol. The van der Waals surface area contributed by atoms with Crippen molar-refractivity contribution in [3.05, 3.63) is 35.9 Å². The first-order chi connectivity index (χ1) is 11.1. The van der Waals surface area contributed by atoms with Crippen molar-refractivity contribution in [2.75, 3.05) is 0 Å². The molecule has 0 fully saturated rings. The summed E-state index contributed by atoms with van der Waals surface area (Å²) in [6, 6.07) is 7.35. The predicted molar refractivity (Wildman–Crippen MR) is 86.6 cm³/mol. The Balaban J connectivity index is 2.72. The Morgan fingerprint density at radius 1 is 1.21 bits per heavy atom. The molecule has 0 saturated carbocycles. The lowest BCUT2D eigenvalue weighted by molar-refractivity contribution is -0.160. The summed E-state index contributed by atoms with van der Waals surface area (Å²) in [7, 11) is 0. The molecule has 0 saturated heterocycles. The van der Waals surface area contributed by atoms with Crippen LogP contribution in [0.1, 0.15) is 25.8 Å². The number of amides is 1. The number of halogens is 3. The number of carboxylic acid groups (broad SMARTS) is 1. The standard InChI is InChI=1S/C16H20F3NO3S/c1-10(2)13(24-9-11-6-4-3-5-7-11)14(21)20-12(15(22)23)8-16(17,18)19/h3-7,10,12-13H,8-9H2,1-2H3,(H,20,21)(H,22,23). The minimum Gasteiger partial charge on any atom is -0.480 e. The van der Waals surface area contributed by atoms with Gasteiger partial charge in [0.1, 0.15) is 6.04 Å². The number of carboxylic acids is 1. The second-order valence-electron chi connectivity index (χ2n) is 5.68. The molecular weight excluding hydrogens is 343 g/mol. The lowest BCUT2D eigenvalue weighted by Crippen LogP contribution is -2.47. The number of nitrogens with one attached hydrogen (secondary N) is 1. The largest absolute Gasteiger partial charge is 0.480 e. The van der Waals surface area contributed by atoms with Gasteiger partial charge in [-0.05, 0) is 11.5 Å². The van der Waals surface area contributed by atoms with Gasteiger partial charge in [0.25, 0.3) is 0 Å². The summed E-state index contributed by atoms with van der Waals surface area (Å²) in [5, 5.41) is 10.3. The smallest absolute Gasteiger partial charge is 0.391 e. The van der Waals surface area contributed by atoms with E-state index >= 15 is 0 Å². The Bertz CT molecular complexity index is 549. The molecule has 24 heavy (non-hydrogen) atoms. The SMILES string of the molecule is CC(C)C(SCc1ccccc1)C(=O)NC(CC(F)(F)F)C(=O)O. The molecule has 0 spiro atoms. The van der Waals surface area contributed by atoms with Gasteiger partial charge >= 0.3 is 12.1 Å². The molecular formula is C16H20F3NO3S. The molecule has 1 amide bonds. The highest BCUT2D eigenvalue weighted by Gasteiger charge is 2.37. The van der Waals surface area contributed by atoms with E-state index in [1.165, 1.54) is 11.8 Å². The molecule has 0 radical (unpaired) electrons. The molecule has 2 atom stereocenters. The third kappa shape index (κ3) is 7.25. The van der Waals surface area contributed by atoms with Gasteiger partial charge in [-0.1, -0.05) is 44.2 Å². The summed E-state index contributed by atoms with van der Waals surface area (Å²) in [4.78, 5) is 23.2. The summed E-state index contributed by atoms with van der Waals surface area (Å²) >= 11 is 1.28. The van der Waals surface area contributed by atoms with Crippen LogP contribution in [-0.2, 0) is 15.3 Å². The van der Waals surface area contributed by atoms with Crippen LogP contribution in [0.4, 0.5) is 13.2 Å². The van der Waals surface area contributed by atoms with Gasteiger partial charge < -0.3 is 10.4 Å². The highest BCUT2D eigenvalue weighted by atomic mass is 32.2. The fraction of sp³-hybridized carbons (Fsp3) is 0.500. The van der Waals surface area contributed by atoms with E-state index in [9.17, 15) is 22.8 Å². The molecule has 1 aromatic carbocycles. The third-order valence-electron chi connectivity index (χ3n) is 3.19. The minimum atomic E-state index is -4.67. The fourth-order valence-corrected chi connectivity index (χ4v) is 3.19. The van der Waals surface area contributed by atoms with E-state index in [1.54, 1.807) is 13.8 Å². The van der Waals surface area contributed by atoms with Crippen LogP contribution in [0, 0.1) is 5.92 Å². The predicted octanol–water partition coefficient (Wildman–Crippen LogP) is 3.47. The molecule has 0 heterocycles. The molecule has 0 aliphatic rings. The zero-order valence-corrected chi connectivity index (χ0v) is 14.2. The van der Waals surface area contributed by atoms with E-state index in [0.717, 1.165) is 5.56 Å². The first-order valence-electron chi connectivity index (χ1n) is 7.35. The molecule has 0 aliphatic carbocycles. The summed E-state index contributed by atoms with van der Waals surface area (Å²) in [6.07, 6.45) is -6.26. The quantitative estimate of drug-likeness (QED) is 0.742. The summed E-state index contributed by atoms with van der Waals surface area (Å²) in [5.74, 6) is -2.04. The molecule has 0 bridgehead atoms. The molecule has 1 aromatic rings. The first kappa shape index (κ1) is 20.3. The summed E-state index contributed by atoms with van der Waals surface area (Å²) < 4.78 is 37.3. The van der Waals surface area contributed by atoms with Crippen molar-refractivity contribution in [1.29, 1.82) is 0 Å². The highest BCUT2D eigenvalue weighted by Crippen LogP contribution is 2.26. The minimum absolute atomic E-state index is 0.154. The number of hydrogen-bond donors (Lipinski definition) is 2. The second kappa shape index (κ2) is 8.96. The summed E-state index contributed by atoms with van der Waals surface area (Å²) in [5.41, 5.74) is 0.978. The second-order valence-corrected chi connectivity index (χ2v) is 6.81. The number of alkyl halides is 3. The number of thioether (sulfide) groups is 1. The van der Waals surface area contributed by atoms with Gasteiger partial charge in [-0.25, -0.2) is 4.79 Å². The molecule has 2 N–H and O–H groups in total. The Kier molecular flexibility index (Phi) is 7.59. The molecule has 134 valence electrons. The Labute approximate surface area is 142 Å². The topological polar surface area (TPSA) is 66.4 Å². The molecule has 4 nitrogen and oxygen atoms in total. The number of hydrogen-bond acceptors (Lipinski definition) is 3. The highest BCUT2D eigenvalue weighted by molar-refractivity contribution is 7.99. The average Bonchev–Trinajstić information content (AvgIpc) is 2.46.